The van der Waals surface area contributed by atoms with Crippen molar-refractivity contribution in [2.75, 3.05) is 6.61 Å². The fraction of sp³-hybridized carbons (Fsp3) is 0.321. The van der Waals surface area contributed by atoms with Gasteiger partial charge in [0.1, 0.15) is 11.5 Å². The second kappa shape index (κ2) is 8.01. The van der Waals surface area contributed by atoms with E-state index >= 15 is 0 Å². The second-order valence-electron chi connectivity index (χ2n) is 9.48. The van der Waals surface area contributed by atoms with Crippen molar-refractivity contribution in [1.29, 1.82) is 0 Å². The number of hydrazone groups is 1. The average Bonchev–Trinajstić information content (AvgIpc) is 3.25. The zero-order valence-corrected chi connectivity index (χ0v) is 19.2. The number of ether oxygens (including phenoxy) is 2. The van der Waals surface area contributed by atoms with Gasteiger partial charge in [0, 0.05) is 17.5 Å². The largest absolute Gasteiger partial charge is 0.494 e. The molecule has 32 heavy (non-hydrogen) atoms. The molecule has 0 fully saturated rings. The van der Waals surface area contributed by atoms with Gasteiger partial charge < -0.3 is 9.47 Å². The molecule has 2 aliphatic heterocycles. The predicted molar refractivity (Wildman–Crippen MR) is 128 cm³/mol. The van der Waals surface area contributed by atoms with Crippen LogP contribution < -0.4 is 9.47 Å². The lowest BCUT2D eigenvalue weighted by molar-refractivity contribution is -0.0190. The van der Waals surface area contributed by atoms with Crippen LogP contribution in [0.4, 0.5) is 0 Å². The molecule has 3 aromatic rings. The molecule has 4 heteroatoms. The SMILES string of the molecule is CCOc1ccc(C2=NN3[C@@H](C2)c2ccccc2O[C@H]3c2ccc(C(C)(C)C)cc2)cc1. The molecule has 2 atom stereocenters. The molecule has 2 heterocycles. The van der Waals surface area contributed by atoms with Crippen molar-refractivity contribution in [3.8, 4) is 11.5 Å². The third-order valence-electron chi connectivity index (χ3n) is 6.26. The Bertz CT molecular complexity index is 1130. The summed E-state index contributed by atoms with van der Waals surface area (Å²) >= 11 is 0. The molecule has 0 saturated carbocycles. The molecule has 0 spiro atoms. The lowest BCUT2D eigenvalue weighted by atomic mass is 9.86. The summed E-state index contributed by atoms with van der Waals surface area (Å²) in [5.74, 6) is 1.83. The van der Waals surface area contributed by atoms with Gasteiger partial charge in [-0.05, 0) is 53.8 Å². The van der Waals surface area contributed by atoms with Gasteiger partial charge in [-0.1, -0.05) is 63.2 Å². The van der Waals surface area contributed by atoms with Crippen molar-refractivity contribution in [3.05, 3.63) is 95.1 Å². The van der Waals surface area contributed by atoms with Crippen LogP contribution in [0.2, 0.25) is 0 Å². The molecule has 164 valence electrons. The first kappa shape index (κ1) is 20.6. The van der Waals surface area contributed by atoms with Crippen LogP contribution in [-0.2, 0) is 5.41 Å². The standard InChI is InChI=1S/C28H30N2O2/c1-5-31-22-16-12-19(13-17-22)24-18-25-23-8-6-7-9-26(23)32-27(30(25)29-24)20-10-14-21(15-11-20)28(2,3)4/h6-17,25,27H,5,18H2,1-4H3/t25-,27-/m0/s1. The maximum absolute atomic E-state index is 6.49. The minimum Gasteiger partial charge on any atom is -0.494 e. The Morgan fingerprint density at radius 1 is 0.969 bits per heavy atom. The van der Waals surface area contributed by atoms with Crippen molar-refractivity contribution in [2.24, 2.45) is 5.10 Å². The van der Waals surface area contributed by atoms with Gasteiger partial charge in [0.15, 0.2) is 0 Å². The molecule has 5 rings (SSSR count). The van der Waals surface area contributed by atoms with Gasteiger partial charge in [0.05, 0.1) is 18.4 Å². The minimum atomic E-state index is -0.246. The number of fused-ring (bicyclic) bond motifs is 3. The highest BCUT2D eigenvalue weighted by Gasteiger charge is 2.40. The summed E-state index contributed by atoms with van der Waals surface area (Å²) in [7, 11) is 0. The average molecular weight is 427 g/mol. The molecule has 0 aliphatic carbocycles. The number of hydrogen-bond acceptors (Lipinski definition) is 4. The molecule has 0 unspecified atom stereocenters. The number of nitrogens with zero attached hydrogens (tertiary/aromatic N) is 2. The Labute approximate surface area is 190 Å². The van der Waals surface area contributed by atoms with E-state index in [1.165, 1.54) is 11.1 Å². The molecular weight excluding hydrogens is 396 g/mol. The highest BCUT2D eigenvalue weighted by molar-refractivity contribution is 6.02. The molecule has 0 N–H and O–H groups in total. The maximum Gasteiger partial charge on any atom is 0.213 e. The van der Waals surface area contributed by atoms with Crippen LogP contribution in [-0.4, -0.2) is 17.3 Å². The molecular formula is C28H30N2O2. The quantitative estimate of drug-likeness (QED) is 0.470. The van der Waals surface area contributed by atoms with Crippen LogP contribution in [0.1, 0.15) is 68.6 Å². The third kappa shape index (κ3) is 3.75. The summed E-state index contributed by atoms with van der Waals surface area (Å²) in [6.07, 6.45) is 0.606. The van der Waals surface area contributed by atoms with Gasteiger partial charge in [0.25, 0.3) is 0 Å². The normalized spacial score (nSPS) is 19.6. The van der Waals surface area contributed by atoms with Crippen molar-refractivity contribution in [3.63, 3.8) is 0 Å². The number of rotatable bonds is 4. The predicted octanol–water partition coefficient (Wildman–Crippen LogP) is 6.63. The van der Waals surface area contributed by atoms with Crippen molar-refractivity contribution in [1.82, 2.24) is 5.01 Å². The monoisotopic (exact) mass is 426 g/mol. The van der Waals surface area contributed by atoms with Gasteiger partial charge in [-0.3, -0.25) is 0 Å². The Hall–Kier alpha value is -3.27. The fourth-order valence-corrected chi connectivity index (χ4v) is 4.49. The van der Waals surface area contributed by atoms with E-state index in [4.69, 9.17) is 14.6 Å². The van der Waals surface area contributed by atoms with Crippen LogP contribution in [0.15, 0.2) is 77.9 Å². The van der Waals surface area contributed by atoms with Crippen LogP contribution in [0.3, 0.4) is 0 Å². The molecule has 0 amide bonds. The maximum atomic E-state index is 6.49. The van der Waals surface area contributed by atoms with Gasteiger partial charge in [0.2, 0.25) is 6.23 Å². The number of para-hydroxylation sites is 1. The molecule has 0 saturated heterocycles. The van der Waals surface area contributed by atoms with Crippen molar-refractivity contribution < 1.29 is 9.47 Å². The summed E-state index contributed by atoms with van der Waals surface area (Å²) < 4.78 is 12.1. The summed E-state index contributed by atoms with van der Waals surface area (Å²) in [5, 5.41) is 7.21. The topological polar surface area (TPSA) is 34.1 Å². The van der Waals surface area contributed by atoms with E-state index in [0.717, 1.165) is 34.8 Å². The van der Waals surface area contributed by atoms with E-state index in [-0.39, 0.29) is 17.7 Å². The van der Waals surface area contributed by atoms with Gasteiger partial charge >= 0.3 is 0 Å². The summed E-state index contributed by atoms with van der Waals surface area (Å²) in [6.45, 7) is 9.37. The minimum absolute atomic E-state index is 0.119. The highest BCUT2D eigenvalue weighted by atomic mass is 16.5. The lowest BCUT2D eigenvalue weighted by Crippen LogP contribution is -2.33. The lowest BCUT2D eigenvalue weighted by Gasteiger charge is -2.38. The van der Waals surface area contributed by atoms with E-state index in [1.807, 2.05) is 25.1 Å². The Morgan fingerprint density at radius 3 is 2.38 bits per heavy atom. The highest BCUT2D eigenvalue weighted by Crippen LogP contribution is 2.47. The van der Waals surface area contributed by atoms with Crippen LogP contribution >= 0.6 is 0 Å². The number of hydrogen-bond donors (Lipinski definition) is 0. The summed E-state index contributed by atoms with van der Waals surface area (Å²) in [4.78, 5) is 0. The molecule has 0 aromatic heterocycles. The van der Waals surface area contributed by atoms with Gasteiger partial charge in [-0.2, -0.15) is 5.10 Å². The Morgan fingerprint density at radius 2 is 1.69 bits per heavy atom. The van der Waals surface area contributed by atoms with E-state index in [1.54, 1.807) is 0 Å². The third-order valence-corrected chi connectivity index (χ3v) is 6.26. The van der Waals surface area contributed by atoms with E-state index in [2.05, 4.69) is 80.4 Å². The smallest absolute Gasteiger partial charge is 0.213 e. The van der Waals surface area contributed by atoms with E-state index < -0.39 is 0 Å². The van der Waals surface area contributed by atoms with Gasteiger partial charge in [-0.25, -0.2) is 5.01 Å². The molecule has 0 radical (unpaired) electrons. The van der Waals surface area contributed by atoms with E-state index in [9.17, 15) is 0 Å². The molecule has 2 aliphatic rings. The molecule has 3 aromatic carbocycles. The van der Waals surface area contributed by atoms with Gasteiger partial charge in [-0.15, -0.1) is 0 Å². The van der Waals surface area contributed by atoms with Crippen molar-refractivity contribution >= 4 is 5.71 Å². The Balaban J connectivity index is 1.50. The first-order valence-corrected chi connectivity index (χ1v) is 11.4. The summed E-state index contributed by atoms with van der Waals surface area (Å²) in [5.41, 5.74) is 5.95. The fourth-order valence-electron chi connectivity index (χ4n) is 4.49. The van der Waals surface area contributed by atoms with Crippen LogP contribution in [0.25, 0.3) is 0 Å². The molecule has 4 nitrogen and oxygen atoms in total. The zero-order chi connectivity index (χ0) is 22.3. The zero-order valence-electron chi connectivity index (χ0n) is 19.2. The van der Waals surface area contributed by atoms with E-state index in [0.29, 0.717) is 6.61 Å². The number of benzene rings is 3. The van der Waals surface area contributed by atoms with Crippen molar-refractivity contribution in [2.45, 2.75) is 51.8 Å². The second-order valence-corrected chi connectivity index (χ2v) is 9.48. The van der Waals surface area contributed by atoms with Crippen LogP contribution in [0.5, 0.6) is 11.5 Å². The first-order chi connectivity index (χ1) is 15.4. The molecule has 0 bridgehead atoms. The van der Waals surface area contributed by atoms with Crippen LogP contribution in [0, 0.1) is 0 Å². The first-order valence-electron chi connectivity index (χ1n) is 11.4. The summed E-state index contributed by atoms with van der Waals surface area (Å²) in [6, 6.07) is 25.5. The Kier molecular flexibility index (Phi) is 5.16.